The summed E-state index contributed by atoms with van der Waals surface area (Å²) in [5.74, 6) is -6.26. The first kappa shape index (κ1) is 38.3. The van der Waals surface area contributed by atoms with Gasteiger partial charge in [-0.15, -0.1) is 0 Å². The molecule has 1 unspecified atom stereocenters. The smallest absolute Gasteiger partial charge is 0.305 e. The molecule has 19 nitrogen and oxygen atoms in total. The normalized spacial score (nSPS) is 31.3. The standard InChI is InChI=1S/C27H38O19/c1-10(28)38-18-17(45-27(44-16(7)34)24(43-15(6)33)19(18)39-11(2)29)9-37-26-23(42-14(5)32)21(41-13(4)31)20(40-12(3)30)22(46-26)25(35)36-8/h17-27,35H,9H2,1-8H3/t17-,18+,19+,20+,21+,22?,23-,24-,25-,26-,27-/m1/s1. The number of ether oxygens (including phenoxy) is 11. The second-order valence-electron chi connectivity index (χ2n) is 10.0. The molecule has 2 rings (SSSR count). The number of aliphatic hydroxyl groups excluding tert-OH is 1. The highest BCUT2D eigenvalue weighted by Gasteiger charge is 2.57. The predicted molar refractivity (Wildman–Crippen MR) is 141 cm³/mol. The Hall–Kier alpha value is -3.91. The van der Waals surface area contributed by atoms with Crippen LogP contribution >= 0.6 is 0 Å². The molecule has 19 heteroatoms. The van der Waals surface area contributed by atoms with Crippen molar-refractivity contribution in [2.75, 3.05) is 13.7 Å². The van der Waals surface area contributed by atoms with Gasteiger partial charge in [-0.25, -0.2) is 0 Å². The lowest BCUT2D eigenvalue weighted by molar-refractivity contribution is -0.347. The van der Waals surface area contributed by atoms with Gasteiger partial charge in [-0.3, -0.25) is 33.6 Å². The Morgan fingerprint density at radius 3 is 1.33 bits per heavy atom. The second-order valence-corrected chi connectivity index (χ2v) is 10.0. The minimum Gasteiger partial charge on any atom is -0.456 e. The van der Waals surface area contributed by atoms with Crippen LogP contribution in [-0.2, 0) is 85.7 Å². The van der Waals surface area contributed by atoms with E-state index in [1.165, 1.54) is 0 Å². The Bertz CT molecular complexity index is 1140. The van der Waals surface area contributed by atoms with Gasteiger partial charge in [0.05, 0.1) is 6.61 Å². The monoisotopic (exact) mass is 666 g/mol. The minimum atomic E-state index is -1.81. The number of esters is 7. The molecule has 2 aliphatic heterocycles. The zero-order chi connectivity index (χ0) is 34.9. The topological polar surface area (TPSA) is 241 Å². The molecule has 0 aliphatic carbocycles. The highest BCUT2D eigenvalue weighted by molar-refractivity contribution is 5.70. The quantitative estimate of drug-likeness (QED) is 0.143. The summed E-state index contributed by atoms with van der Waals surface area (Å²) in [6.45, 7) is 6.47. The van der Waals surface area contributed by atoms with Crippen molar-refractivity contribution in [3.63, 3.8) is 0 Å². The number of carbonyl (C=O) groups is 7. The summed E-state index contributed by atoms with van der Waals surface area (Å²) in [6.07, 6.45) is -17.9. The molecule has 0 bridgehead atoms. The summed E-state index contributed by atoms with van der Waals surface area (Å²) in [6, 6.07) is 0. The number of hydrogen-bond acceptors (Lipinski definition) is 19. The molecule has 0 aromatic carbocycles. The molecule has 260 valence electrons. The maximum absolute atomic E-state index is 12.1. The van der Waals surface area contributed by atoms with Crippen molar-refractivity contribution in [2.45, 2.75) is 116 Å². The van der Waals surface area contributed by atoms with E-state index in [1.54, 1.807) is 0 Å². The first-order valence-electron chi connectivity index (χ1n) is 13.8. The molecule has 2 heterocycles. The molecule has 0 aromatic rings. The predicted octanol–water partition coefficient (Wildman–Crippen LogP) is -1.43. The number of aliphatic hydroxyl groups is 1. The molecule has 0 saturated carbocycles. The molecule has 0 amide bonds. The lowest BCUT2D eigenvalue weighted by Gasteiger charge is -2.46. The first-order chi connectivity index (χ1) is 21.4. The summed E-state index contributed by atoms with van der Waals surface area (Å²) >= 11 is 0. The van der Waals surface area contributed by atoms with Gasteiger partial charge >= 0.3 is 41.8 Å². The third-order valence-corrected chi connectivity index (χ3v) is 6.16. The molecule has 2 fully saturated rings. The third kappa shape index (κ3) is 10.9. The van der Waals surface area contributed by atoms with Crippen LogP contribution in [0.15, 0.2) is 0 Å². The van der Waals surface area contributed by atoms with E-state index in [9.17, 15) is 38.7 Å². The average molecular weight is 667 g/mol. The van der Waals surface area contributed by atoms with Crippen molar-refractivity contribution in [1.29, 1.82) is 0 Å². The highest BCUT2D eigenvalue weighted by atomic mass is 16.8. The van der Waals surface area contributed by atoms with Crippen LogP contribution in [0.2, 0.25) is 0 Å². The van der Waals surface area contributed by atoms with Crippen LogP contribution in [0.3, 0.4) is 0 Å². The van der Waals surface area contributed by atoms with Gasteiger partial charge in [0.15, 0.2) is 49.2 Å². The van der Waals surface area contributed by atoms with Crippen LogP contribution in [0, 0.1) is 0 Å². The van der Waals surface area contributed by atoms with E-state index in [1.807, 2.05) is 0 Å². The lowest BCUT2D eigenvalue weighted by Crippen LogP contribution is -2.66. The number of hydrogen-bond donors (Lipinski definition) is 1. The molecule has 2 aliphatic rings. The van der Waals surface area contributed by atoms with E-state index in [0.717, 1.165) is 55.6 Å². The van der Waals surface area contributed by atoms with Crippen molar-refractivity contribution >= 4 is 41.8 Å². The van der Waals surface area contributed by atoms with Gasteiger partial charge in [-0.05, 0) is 0 Å². The SMILES string of the molecule is CO[C@@H](O)C1O[C@@H](OC[C@H]2O[C@@H](OC(C)=O)[C@H](OC(C)=O)[C@@H](OC(C)=O)[C@H]2OC(C)=O)[C@H](OC(C)=O)[C@@H](OC(C)=O)[C@@H]1OC(C)=O. The van der Waals surface area contributed by atoms with Crippen molar-refractivity contribution in [3.8, 4) is 0 Å². The van der Waals surface area contributed by atoms with Crippen molar-refractivity contribution in [3.05, 3.63) is 0 Å². The van der Waals surface area contributed by atoms with Crippen molar-refractivity contribution in [1.82, 2.24) is 0 Å². The summed E-state index contributed by atoms with van der Waals surface area (Å²) in [7, 11) is 1.09. The summed E-state index contributed by atoms with van der Waals surface area (Å²) in [5, 5.41) is 10.5. The van der Waals surface area contributed by atoms with E-state index in [2.05, 4.69) is 0 Å². The Balaban J connectivity index is 2.57. The zero-order valence-corrected chi connectivity index (χ0v) is 26.4. The Morgan fingerprint density at radius 1 is 0.522 bits per heavy atom. The van der Waals surface area contributed by atoms with E-state index >= 15 is 0 Å². The van der Waals surface area contributed by atoms with Crippen molar-refractivity contribution in [2.24, 2.45) is 0 Å². The minimum absolute atomic E-state index is 0.691. The highest BCUT2D eigenvalue weighted by Crippen LogP contribution is 2.34. The molecule has 0 spiro atoms. The maximum atomic E-state index is 12.1. The molecular weight excluding hydrogens is 628 g/mol. The molecular formula is C27H38O19. The van der Waals surface area contributed by atoms with Gasteiger partial charge < -0.3 is 57.2 Å². The maximum Gasteiger partial charge on any atom is 0.305 e. The summed E-state index contributed by atoms with van der Waals surface area (Å²) in [5.41, 5.74) is 0. The van der Waals surface area contributed by atoms with E-state index in [-0.39, 0.29) is 0 Å². The summed E-state index contributed by atoms with van der Waals surface area (Å²) < 4.78 is 59.4. The van der Waals surface area contributed by atoms with Crippen LogP contribution in [-0.4, -0.2) is 128 Å². The molecule has 0 aromatic heterocycles. The largest absolute Gasteiger partial charge is 0.456 e. The van der Waals surface area contributed by atoms with Crippen LogP contribution in [0.5, 0.6) is 0 Å². The van der Waals surface area contributed by atoms with E-state index in [0.29, 0.717) is 0 Å². The van der Waals surface area contributed by atoms with Crippen LogP contribution in [0.4, 0.5) is 0 Å². The van der Waals surface area contributed by atoms with Crippen molar-refractivity contribution < 1.29 is 90.8 Å². The molecule has 46 heavy (non-hydrogen) atoms. The third-order valence-electron chi connectivity index (χ3n) is 6.16. The number of methoxy groups -OCH3 is 1. The Labute approximate surface area is 262 Å². The van der Waals surface area contributed by atoms with Gasteiger partial charge in [-0.1, -0.05) is 0 Å². The fraction of sp³-hybridized carbons (Fsp3) is 0.741. The van der Waals surface area contributed by atoms with Crippen LogP contribution < -0.4 is 0 Å². The zero-order valence-electron chi connectivity index (χ0n) is 26.4. The fourth-order valence-electron chi connectivity index (χ4n) is 4.74. The average Bonchev–Trinajstić information content (AvgIpc) is 2.91. The van der Waals surface area contributed by atoms with E-state index in [4.69, 9.17) is 52.1 Å². The Morgan fingerprint density at radius 2 is 0.891 bits per heavy atom. The number of rotatable bonds is 12. The Kier molecular flexibility index (Phi) is 14.3. The van der Waals surface area contributed by atoms with Gasteiger partial charge in [0, 0.05) is 55.6 Å². The van der Waals surface area contributed by atoms with Gasteiger partial charge in [0.25, 0.3) is 0 Å². The molecule has 2 saturated heterocycles. The molecule has 11 atom stereocenters. The van der Waals surface area contributed by atoms with Gasteiger partial charge in [-0.2, -0.15) is 0 Å². The lowest BCUT2D eigenvalue weighted by atomic mass is 9.96. The second kappa shape index (κ2) is 17.1. The van der Waals surface area contributed by atoms with E-state index < -0.39 is 116 Å². The summed E-state index contributed by atoms with van der Waals surface area (Å²) in [4.78, 5) is 84.1. The van der Waals surface area contributed by atoms with Crippen LogP contribution in [0.1, 0.15) is 48.5 Å². The first-order valence-corrected chi connectivity index (χ1v) is 13.8. The van der Waals surface area contributed by atoms with Gasteiger partial charge in [0.2, 0.25) is 12.4 Å². The molecule has 0 radical (unpaired) electrons. The molecule has 1 N–H and O–H groups in total. The fourth-order valence-corrected chi connectivity index (χ4v) is 4.74. The van der Waals surface area contributed by atoms with Crippen LogP contribution in [0.25, 0.3) is 0 Å². The number of carbonyl (C=O) groups excluding carboxylic acids is 7. The van der Waals surface area contributed by atoms with Gasteiger partial charge in [0.1, 0.15) is 6.10 Å².